The van der Waals surface area contributed by atoms with Gasteiger partial charge in [-0.25, -0.2) is 8.42 Å². The molecular formula is C11H22N2O3S. The summed E-state index contributed by atoms with van der Waals surface area (Å²) in [4.78, 5) is 2.27. The van der Waals surface area contributed by atoms with E-state index < -0.39 is 15.4 Å². The molecule has 2 rings (SSSR count). The van der Waals surface area contributed by atoms with Crippen molar-refractivity contribution in [3.05, 3.63) is 0 Å². The number of aliphatic hydroxyl groups excluding tert-OH is 1. The average molecular weight is 262 g/mol. The molecule has 1 atom stereocenters. The number of piperidine rings is 1. The molecule has 2 aliphatic rings. The van der Waals surface area contributed by atoms with Gasteiger partial charge in [-0.05, 0) is 32.2 Å². The molecule has 0 aromatic carbocycles. The van der Waals surface area contributed by atoms with E-state index in [9.17, 15) is 13.5 Å². The average Bonchev–Trinajstić information content (AvgIpc) is 2.29. The number of likely N-dealkylation sites (tertiary alicyclic amines) is 1. The molecule has 0 radical (unpaired) electrons. The van der Waals surface area contributed by atoms with Crippen molar-refractivity contribution in [1.29, 1.82) is 0 Å². The van der Waals surface area contributed by atoms with Gasteiger partial charge in [-0.2, -0.15) is 0 Å². The van der Waals surface area contributed by atoms with E-state index >= 15 is 0 Å². The molecule has 1 unspecified atom stereocenters. The van der Waals surface area contributed by atoms with E-state index in [1.54, 1.807) is 0 Å². The topological polar surface area (TPSA) is 83.6 Å². The Morgan fingerprint density at radius 1 is 1.35 bits per heavy atom. The van der Waals surface area contributed by atoms with E-state index in [2.05, 4.69) is 4.90 Å². The van der Waals surface area contributed by atoms with Crippen LogP contribution in [-0.2, 0) is 9.84 Å². The van der Waals surface area contributed by atoms with Gasteiger partial charge in [-0.15, -0.1) is 0 Å². The van der Waals surface area contributed by atoms with E-state index in [1.165, 1.54) is 0 Å². The van der Waals surface area contributed by atoms with E-state index in [0.717, 1.165) is 19.4 Å². The number of sulfone groups is 1. The Labute approximate surface area is 103 Å². The number of hydrogen-bond donors (Lipinski definition) is 2. The fourth-order valence-corrected chi connectivity index (χ4v) is 4.35. The molecule has 6 heteroatoms. The first-order chi connectivity index (χ1) is 7.94. The first-order valence-corrected chi connectivity index (χ1v) is 8.10. The van der Waals surface area contributed by atoms with Crippen molar-refractivity contribution in [2.24, 2.45) is 5.73 Å². The summed E-state index contributed by atoms with van der Waals surface area (Å²) in [5, 5.41) is 9.30. The van der Waals surface area contributed by atoms with Crippen LogP contribution in [0.5, 0.6) is 0 Å². The van der Waals surface area contributed by atoms with Gasteiger partial charge in [-0.3, -0.25) is 4.90 Å². The highest BCUT2D eigenvalue weighted by molar-refractivity contribution is 7.91. The van der Waals surface area contributed by atoms with Crippen LogP contribution in [-0.4, -0.2) is 61.2 Å². The quantitative estimate of drug-likeness (QED) is 0.691. The molecule has 0 saturated carbocycles. The molecule has 0 amide bonds. The summed E-state index contributed by atoms with van der Waals surface area (Å²) in [6.07, 6.45) is 3.26. The van der Waals surface area contributed by atoms with E-state index in [-0.39, 0.29) is 6.61 Å². The molecule has 2 saturated heterocycles. The number of nitrogens with two attached hydrogens (primary N) is 1. The molecule has 0 aromatic heterocycles. The minimum absolute atomic E-state index is 0.00845. The van der Waals surface area contributed by atoms with Gasteiger partial charge in [0, 0.05) is 12.6 Å². The molecular weight excluding hydrogens is 240 g/mol. The molecule has 17 heavy (non-hydrogen) atoms. The fourth-order valence-electron chi connectivity index (χ4n) is 2.88. The lowest BCUT2D eigenvalue weighted by atomic mass is 9.89. The van der Waals surface area contributed by atoms with Crippen molar-refractivity contribution >= 4 is 9.84 Å². The summed E-state index contributed by atoms with van der Waals surface area (Å²) >= 11 is 0. The Morgan fingerprint density at radius 3 is 2.59 bits per heavy atom. The number of hydrogen-bond acceptors (Lipinski definition) is 5. The van der Waals surface area contributed by atoms with Crippen molar-refractivity contribution in [3.63, 3.8) is 0 Å². The SMILES string of the molecule is NC1(CO)CCCN(C2CCS(=O)(=O)CC2)C1. The van der Waals surface area contributed by atoms with Crippen LogP contribution in [0, 0.1) is 0 Å². The highest BCUT2D eigenvalue weighted by Gasteiger charge is 2.36. The van der Waals surface area contributed by atoms with Crippen LogP contribution in [0.2, 0.25) is 0 Å². The molecule has 0 bridgehead atoms. The highest BCUT2D eigenvalue weighted by atomic mass is 32.2. The Kier molecular flexibility index (Phi) is 3.77. The van der Waals surface area contributed by atoms with E-state index in [4.69, 9.17) is 5.73 Å². The second-order valence-corrected chi connectivity index (χ2v) is 7.78. The van der Waals surface area contributed by atoms with Crippen molar-refractivity contribution in [1.82, 2.24) is 4.90 Å². The summed E-state index contributed by atoms with van der Waals surface area (Å²) in [6.45, 7) is 1.67. The van der Waals surface area contributed by atoms with Crippen LogP contribution in [0.15, 0.2) is 0 Å². The van der Waals surface area contributed by atoms with E-state index in [1.807, 2.05) is 0 Å². The monoisotopic (exact) mass is 262 g/mol. The summed E-state index contributed by atoms with van der Waals surface area (Å²) in [6, 6.07) is 0.327. The van der Waals surface area contributed by atoms with Crippen LogP contribution in [0.1, 0.15) is 25.7 Å². The van der Waals surface area contributed by atoms with Gasteiger partial charge in [0.15, 0.2) is 0 Å². The predicted octanol–water partition coefficient (Wildman–Crippen LogP) is -0.651. The second-order valence-electron chi connectivity index (χ2n) is 5.48. The van der Waals surface area contributed by atoms with Crippen LogP contribution in [0.4, 0.5) is 0 Å². The van der Waals surface area contributed by atoms with Gasteiger partial charge in [0.05, 0.1) is 23.7 Å². The van der Waals surface area contributed by atoms with Gasteiger partial charge in [0.25, 0.3) is 0 Å². The van der Waals surface area contributed by atoms with Gasteiger partial charge < -0.3 is 10.8 Å². The van der Waals surface area contributed by atoms with Crippen molar-refractivity contribution in [2.45, 2.75) is 37.3 Å². The van der Waals surface area contributed by atoms with Crippen LogP contribution in [0.3, 0.4) is 0 Å². The molecule has 0 aromatic rings. The van der Waals surface area contributed by atoms with Crippen molar-refractivity contribution < 1.29 is 13.5 Å². The standard InChI is InChI=1S/C11H22N2O3S/c12-11(9-14)4-1-5-13(8-11)10-2-6-17(15,16)7-3-10/h10,14H,1-9,12H2. The summed E-state index contributed by atoms with van der Waals surface area (Å²) < 4.78 is 22.8. The molecule has 3 N–H and O–H groups in total. The van der Waals surface area contributed by atoms with Gasteiger partial charge in [0.1, 0.15) is 9.84 Å². The maximum absolute atomic E-state index is 11.4. The Morgan fingerprint density at radius 2 is 2.00 bits per heavy atom. The van der Waals surface area contributed by atoms with E-state index in [0.29, 0.717) is 36.9 Å². The summed E-state index contributed by atoms with van der Waals surface area (Å²) in [5.41, 5.74) is 5.61. The lowest BCUT2D eigenvalue weighted by Gasteiger charge is -2.44. The van der Waals surface area contributed by atoms with Crippen LogP contribution >= 0.6 is 0 Å². The molecule has 100 valence electrons. The Balaban J connectivity index is 1.95. The fraction of sp³-hybridized carbons (Fsp3) is 1.00. The lowest BCUT2D eigenvalue weighted by Crippen LogP contribution is -2.59. The third-order valence-electron chi connectivity index (χ3n) is 3.99. The predicted molar refractivity (Wildman–Crippen MR) is 66.5 cm³/mol. The molecule has 2 heterocycles. The lowest BCUT2D eigenvalue weighted by molar-refractivity contribution is 0.0632. The van der Waals surface area contributed by atoms with Gasteiger partial charge in [-0.1, -0.05) is 0 Å². The Hall–Kier alpha value is -0.170. The van der Waals surface area contributed by atoms with Crippen molar-refractivity contribution in [2.75, 3.05) is 31.2 Å². The first-order valence-electron chi connectivity index (χ1n) is 6.28. The van der Waals surface area contributed by atoms with Crippen LogP contribution < -0.4 is 5.73 Å². The van der Waals surface area contributed by atoms with Gasteiger partial charge in [0.2, 0.25) is 0 Å². The van der Waals surface area contributed by atoms with Gasteiger partial charge >= 0.3 is 0 Å². The zero-order chi connectivity index (χ0) is 12.5. The number of aliphatic hydroxyl groups is 1. The third-order valence-corrected chi connectivity index (χ3v) is 5.71. The number of nitrogens with zero attached hydrogens (tertiary/aromatic N) is 1. The second kappa shape index (κ2) is 4.84. The summed E-state index contributed by atoms with van der Waals surface area (Å²) in [5.74, 6) is 0.593. The maximum atomic E-state index is 11.4. The zero-order valence-electron chi connectivity index (χ0n) is 10.1. The largest absolute Gasteiger partial charge is 0.394 e. The maximum Gasteiger partial charge on any atom is 0.150 e. The molecule has 0 spiro atoms. The van der Waals surface area contributed by atoms with Crippen LogP contribution in [0.25, 0.3) is 0 Å². The molecule has 0 aliphatic carbocycles. The minimum Gasteiger partial charge on any atom is -0.394 e. The summed E-state index contributed by atoms with van der Waals surface area (Å²) in [7, 11) is -2.80. The molecule has 2 aliphatic heterocycles. The smallest absolute Gasteiger partial charge is 0.150 e. The minimum atomic E-state index is -2.80. The Bertz CT molecular complexity index is 357. The highest BCUT2D eigenvalue weighted by Crippen LogP contribution is 2.25. The number of rotatable bonds is 2. The zero-order valence-corrected chi connectivity index (χ0v) is 11.0. The normalized spacial score (nSPS) is 35.9. The third kappa shape index (κ3) is 3.19. The first kappa shape index (κ1) is 13.3. The van der Waals surface area contributed by atoms with Crippen molar-refractivity contribution in [3.8, 4) is 0 Å². The molecule has 2 fully saturated rings. The molecule has 5 nitrogen and oxygen atoms in total.